The van der Waals surface area contributed by atoms with Gasteiger partial charge < -0.3 is 15.4 Å². The van der Waals surface area contributed by atoms with Crippen LogP contribution in [-0.2, 0) is 13.0 Å². The van der Waals surface area contributed by atoms with Crippen molar-refractivity contribution in [3.63, 3.8) is 0 Å². The summed E-state index contributed by atoms with van der Waals surface area (Å²) in [6.07, 6.45) is 4.12. The molecule has 120 valence electrons. The zero-order valence-electron chi connectivity index (χ0n) is 12.4. The first-order chi connectivity index (χ1) is 11.2. The number of nitrogens with one attached hydrogen (secondary N) is 2. The predicted octanol–water partition coefficient (Wildman–Crippen LogP) is 2.52. The van der Waals surface area contributed by atoms with E-state index in [1.807, 2.05) is 10.7 Å². The molecule has 1 aromatic carbocycles. The lowest BCUT2D eigenvalue weighted by atomic mass is 10.1. The third-order valence-corrected chi connectivity index (χ3v) is 4.34. The molecule has 1 atom stereocenters. The van der Waals surface area contributed by atoms with E-state index in [4.69, 9.17) is 16.3 Å². The molecule has 1 aromatic heterocycles. The van der Waals surface area contributed by atoms with Crippen LogP contribution in [-0.4, -0.2) is 27.4 Å². The van der Waals surface area contributed by atoms with E-state index in [1.54, 1.807) is 6.07 Å². The fourth-order valence-electron chi connectivity index (χ4n) is 3.11. The molecule has 0 fully saturated rings. The molecule has 23 heavy (non-hydrogen) atoms. The van der Waals surface area contributed by atoms with Gasteiger partial charge in [-0.1, -0.05) is 11.6 Å². The summed E-state index contributed by atoms with van der Waals surface area (Å²) in [6.45, 7) is 1.45. The number of amides is 2. The zero-order valence-corrected chi connectivity index (χ0v) is 13.1. The number of ether oxygens (including phenoxy) is 1. The Morgan fingerprint density at radius 1 is 1.43 bits per heavy atom. The zero-order chi connectivity index (χ0) is 15.8. The maximum absolute atomic E-state index is 12.3. The molecule has 2 N–H and O–H groups in total. The highest BCUT2D eigenvalue weighted by Gasteiger charge is 2.25. The first-order valence-electron chi connectivity index (χ1n) is 7.61. The van der Waals surface area contributed by atoms with Crippen LogP contribution in [0.1, 0.15) is 30.3 Å². The van der Waals surface area contributed by atoms with Crippen molar-refractivity contribution in [1.82, 2.24) is 20.1 Å². The number of aromatic nitrogens is 3. The third kappa shape index (κ3) is 2.72. The maximum atomic E-state index is 12.3. The number of fused-ring (bicyclic) bond motifs is 2. The molecule has 0 bridgehead atoms. The average Bonchev–Trinajstić information content (AvgIpc) is 3.15. The van der Waals surface area contributed by atoms with Crippen molar-refractivity contribution in [3.05, 3.63) is 34.9 Å². The highest BCUT2D eigenvalue weighted by molar-refractivity contribution is 6.31. The standard InChI is InChI=1S/C15H16ClN5O2/c16-10-6-9-3-5-23-13(9)12(7-10)20-15(22)19-11-2-1-4-21-14(11)17-8-18-21/h6-8,11H,1-5H2,(H2,19,20,22)/t11-/m0/s1. The van der Waals surface area contributed by atoms with Gasteiger partial charge >= 0.3 is 6.03 Å². The second-order valence-corrected chi connectivity index (χ2v) is 6.11. The molecule has 8 heteroatoms. The van der Waals surface area contributed by atoms with Crippen molar-refractivity contribution < 1.29 is 9.53 Å². The van der Waals surface area contributed by atoms with Crippen molar-refractivity contribution in [1.29, 1.82) is 0 Å². The van der Waals surface area contributed by atoms with Gasteiger partial charge in [0.2, 0.25) is 0 Å². The lowest BCUT2D eigenvalue weighted by molar-refractivity contribution is 0.244. The molecule has 3 heterocycles. The predicted molar refractivity (Wildman–Crippen MR) is 84.8 cm³/mol. The molecule has 2 amide bonds. The van der Waals surface area contributed by atoms with Gasteiger partial charge in [0.1, 0.15) is 17.9 Å². The van der Waals surface area contributed by atoms with Crippen molar-refractivity contribution in [3.8, 4) is 5.75 Å². The van der Waals surface area contributed by atoms with E-state index in [9.17, 15) is 4.79 Å². The van der Waals surface area contributed by atoms with E-state index in [2.05, 4.69) is 20.7 Å². The van der Waals surface area contributed by atoms with Gasteiger partial charge in [-0.15, -0.1) is 0 Å². The number of benzene rings is 1. The first-order valence-corrected chi connectivity index (χ1v) is 7.99. The number of carbonyl (C=O) groups is 1. The molecule has 2 aromatic rings. The maximum Gasteiger partial charge on any atom is 0.319 e. The number of carbonyl (C=O) groups excluding carboxylic acids is 1. The smallest absolute Gasteiger partial charge is 0.319 e. The van der Waals surface area contributed by atoms with Gasteiger partial charge in [0.05, 0.1) is 18.3 Å². The van der Waals surface area contributed by atoms with Gasteiger partial charge in [0, 0.05) is 23.6 Å². The lowest BCUT2D eigenvalue weighted by Gasteiger charge is -2.23. The number of rotatable bonds is 2. The van der Waals surface area contributed by atoms with Crippen LogP contribution in [0.25, 0.3) is 0 Å². The van der Waals surface area contributed by atoms with E-state index in [0.29, 0.717) is 23.1 Å². The molecule has 0 aliphatic carbocycles. The Kier molecular flexibility index (Phi) is 3.57. The summed E-state index contributed by atoms with van der Waals surface area (Å²) in [5, 5.41) is 10.5. The van der Waals surface area contributed by atoms with E-state index in [-0.39, 0.29) is 12.1 Å². The minimum Gasteiger partial charge on any atom is -0.491 e. The lowest BCUT2D eigenvalue weighted by Crippen LogP contribution is -2.36. The number of hydrogen-bond acceptors (Lipinski definition) is 4. The summed E-state index contributed by atoms with van der Waals surface area (Å²) in [5.41, 5.74) is 1.62. The van der Waals surface area contributed by atoms with E-state index in [0.717, 1.165) is 37.2 Å². The Morgan fingerprint density at radius 3 is 3.26 bits per heavy atom. The van der Waals surface area contributed by atoms with E-state index in [1.165, 1.54) is 6.33 Å². The van der Waals surface area contributed by atoms with Gasteiger partial charge in [-0.25, -0.2) is 14.5 Å². The Labute approximate surface area is 138 Å². The molecule has 2 aliphatic heterocycles. The summed E-state index contributed by atoms with van der Waals surface area (Å²) >= 11 is 6.11. The minimum atomic E-state index is -0.300. The topological polar surface area (TPSA) is 81.1 Å². The van der Waals surface area contributed by atoms with Crippen LogP contribution in [0.4, 0.5) is 10.5 Å². The van der Waals surface area contributed by atoms with Gasteiger partial charge in [-0.3, -0.25) is 0 Å². The van der Waals surface area contributed by atoms with Gasteiger partial charge in [0.25, 0.3) is 0 Å². The van der Waals surface area contributed by atoms with Crippen LogP contribution in [0.3, 0.4) is 0 Å². The highest BCUT2D eigenvalue weighted by Crippen LogP contribution is 2.36. The molecule has 0 radical (unpaired) electrons. The first kappa shape index (κ1) is 14.3. The van der Waals surface area contributed by atoms with Crippen LogP contribution in [0, 0.1) is 0 Å². The van der Waals surface area contributed by atoms with E-state index < -0.39 is 0 Å². The number of halogens is 1. The van der Waals surface area contributed by atoms with Gasteiger partial charge in [-0.05, 0) is 25.0 Å². The second-order valence-electron chi connectivity index (χ2n) is 5.67. The molecular formula is C15H16ClN5O2. The van der Waals surface area contributed by atoms with Crippen LogP contribution in [0.2, 0.25) is 5.02 Å². The SMILES string of the molecule is O=C(Nc1cc(Cl)cc2c1OCC2)N[C@H]1CCCn2ncnc21. The minimum absolute atomic E-state index is 0.139. The highest BCUT2D eigenvalue weighted by atomic mass is 35.5. The van der Waals surface area contributed by atoms with Crippen LogP contribution >= 0.6 is 11.6 Å². The van der Waals surface area contributed by atoms with Crippen molar-refractivity contribution in [2.24, 2.45) is 0 Å². The molecule has 0 spiro atoms. The summed E-state index contributed by atoms with van der Waals surface area (Å²) in [5.74, 6) is 1.50. The van der Waals surface area contributed by atoms with Gasteiger partial charge in [-0.2, -0.15) is 5.10 Å². The normalized spacial score (nSPS) is 18.7. The molecular weight excluding hydrogens is 318 g/mol. The average molecular weight is 334 g/mol. The van der Waals surface area contributed by atoms with Crippen LogP contribution < -0.4 is 15.4 Å². The fourth-order valence-corrected chi connectivity index (χ4v) is 3.35. The molecule has 4 rings (SSSR count). The monoisotopic (exact) mass is 333 g/mol. The number of urea groups is 1. The van der Waals surface area contributed by atoms with Crippen LogP contribution in [0.5, 0.6) is 5.75 Å². The Balaban J connectivity index is 1.50. The van der Waals surface area contributed by atoms with Crippen molar-refractivity contribution in [2.45, 2.75) is 31.8 Å². The second kappa shape index (κ2) is 5.73. The fraction of sp³-hybridized carbons (Fsp3) is 0.400. The third-order valence-electron chi connectivity index (χ3n) is 4.12. The van der Waals surface area contributed by atoms with Crippen molar-refractivity contribution >= 4 is 23.3 Å². The quantitative estimate of drug-likeness (QED) is 0.885. The number of anilines is 1. The molecule has 0 saturated carbocycles. The molecule has 7 nitrogen and oxygen atoms in total. The number of nitrogens with zero attached hydrogens (tertiary/aromatic N) is 3. The Morgan fingerprint density at radius 2 is 2.35 bits per heavy atom. The largest absolute Gasteiger partial charge is 0.491 e. The van der Waals surface area contributed by atoms with Gasteiger partial charge in [0.15, 0.2) is 0 Å². The molecule has 2 aliphatic rings. The summed E-state index contributed by atoms with van der Waals surface area (Å²) in [6, 6.07) is 3.14. The summed E-state index contributed by atoms with van der Waals surface area (Å²) in [7, 11) is 0. The number of hydrogen-bond donors (Lipinski definition) is 2. The Hall–Kier alpha value is -2.28. The molecule has 0 unspecified atom stereocenters. The molecule has 0 saturated heterocycles. The van der Waals surface area contributed by atoms with Crippen molar-refractivity contribution in [2.75, 3.05) is 11.9 Å². The Bertz CT molecular complexity index is 760. The summed E-state index contributed by atoms with van der Waals surface area (Å²) in [4.78, 5) is 16.6. The number of aryl methyl sites for hydroxylation is 1. The summed E-state index contributed by atoms with van der Waals surface area (Å²) < 4.78 is 7.42. The van der Waals surface area contributed by atoms with E-state index >= 15 is 0 Å². The van der Waals surface area contributed by atoms with Crippen LogP contribution in [0.15, 0.2) is 18.5 Å².